The van der Waals surface area contributed by atoms with Crippen molar-refractivity contribution in [1.29, 1.82) is 0 Å². The summed E-state index contributed by atoms with van der Waals surface area (Å²) in [4.78, 5) is 22.5. The van der Waals surface area contributed by atoms with Crippen LogP contribution in [0.2, 0.25) is 0 Å². The van der Waals surface area contributed by atoms with Gasteiger partial charge in [-0.1, -0.05) is 0 Å². The summed E-state index contributed by atoms with van der Waals surface area (Å²) in [6, 6.07) is 0. The summed E-state index contributed by atoms with van der Waals surface area (Å²) in [6.07, 6.45) is -0.134. The second-order valence-corrected chi connectivity index (χ2v) is 4.98. The maximum absolute atomic E-state index is 11.3. The highest BCUT2D eigenvalue weighted by Gasteiger charge is 2.34. The van der Waals surface area contributed by atoms with E-state index in [1.165, 1.54) is 0 Å². The Labute approximate surface area is 107 Å². The lowest BCUT2D eigenvalue weighted by Crippen LogP contribution is -2.40. The zero-order chi connectivity index (χ0) is 14.4. The standard InChI is InChI=1S/C12H22O6/c1-5-17-10(14)12(15,16)8-6-7-9(13)18-11(2,3)4/h15-16H,5-8H2,1-4H3. The maximum atomic E-state index is 11.3. The number of rotatable bonds is 6. The van der Waals surface area contributed by atoms with Crippen molar-refractivity contribution in [2.24, 2.45) is 0 Å². The van der Waals surface area contributed by atoms with E-state index in [2.05, 4.69) is 4.74 Å². The highest BCUT2D eigenvalue weighted by atomic mass is 16.6. The van der Waals surface area contributed by atoms with Gasteiger partial charge < -0.3 is 19.7 Å². The molecule has 0 aliphatic heterocycles. The molecule has 0 saturated carbocycles. The first-order valence-electron chi connectivity index (χ1n) is 5.92. The van der Waals surface area contributed by atoms with E-state index >= 15 is 0 Å². The fourth-order valence-corrected chi connectivity index (χ4v) is 1.22. The molecule has 0 amide bonds. The van der Waals surface area contributed by atoms with Gasteiger partial charge in [0.2, 0.25) is 0 Å². The van der Waals surface area contributed by atoms with Crippen LogP contribution in [0.4, 0.5) is 0 Å². The van der Waals surface area contributed by atoms with E-state index in [0.29, 0.717) is 0 Å². The predicted octanol–water partition coefficient (Wildman–Crippen LogP) is 0.742. The van der Waals surface area contributed by atoms with Crippen LogP contribution < -0.4 is 0 Å². The summed E-state index contributed by atoms with van der Waals surface area (Å²) in [5, 5.41) is 18.8. The van der Waals surface area contributed by atoms with Gasteiger partial charge in [0.25, 0.3) is 5.79 Å². The Kier molecular flexibility index (Phi) is 6.28. The van der Waals surface area contributed by atoms with E-state index in [4.69, 9.17) is 4.74 Å². The molecule has 18 heavy (non-hydrogen) atoms. The molecule has 0 fully saturated rings. The van der Waals surface area contributed by atoms with E-state index in [9.17, 15) is 19.8 Å². The van der Waals surface area contributed by atoms with Crippen molar-refractivity contribution in [2.75, 3.05) is 6.61 Å². The number of esters is 2. The summed E-state index contributed by atoms with van der Waals surface area (Å²) in [5.41, 5.74) is -0.576. The second-order valence-electron chi connectivity index (χ2n) is 4.98. The van der Waals surface area contributed by atoms with Crippen LogP contribution in [0.1, 0.15) is 47.0 Å². The Hall–Kier alpha value is -1.14. The number of ether oxygens (including phenoxy) is 2. The van der Waals surface area contributed by atoms with Crippen LogP contribution in [-0.4, -0.2) is 40.1 Å². The molecule has 0 unspecified atom stereocenters. The molecule has 2 N–H and O–H groups in total. The lowest BCUT2D eigenvalue weighted by atomic mass is 10.1. The average Bonchev–Trinajstić information content (AvgIpc) is 2.14. The highest BCUT2D eigenvalue weighted by molar-refractivity contribution is 5.77. The van der Waals surface area contributed by atoms with Crippen molar-refractivity contribution in [3.05, 3.63) is 0 Å². The summed E-state index contributed by atoms with van der Waals surface area (Å²) in [5.74, 6) is -4.09. The topological polar surface area (TPSA) is 93.1 Å². The van der Waals surface area contributed by atoms with E-state index in [0.717, 1.165) is 0 Å². The Morgan fingerprint density at radius 1 is 1.17 bits per heavy atom. The third-order valence-electron chi connectivity index (χ3n) is 1.93. The molecule has 0 aliphatic carbocycles. The van der Waals surface area contributed by atoms with Crippen LogP contribution in [0.3, 0.4) is 0 Å². The molecule has 106 valence electrons. The van der Waals surface area contributed by atoms with Crippen molar-refractivity contribution >= 4 is 11.9 Å². The Morgan fingerprint density at radius 3 is 2.17 bits per heavy atom. The molecular formula is C12H22O6. The van der Waals surface area contributed by atoms with Gasteiger partial charge in [-0.05, 0) is 34.1 Å². The molecule has 0 rings (SSSR count). The molecule has 6 nitrogen and oxygen atoms in total. The fourth-order valence-electron chi connectivity index (χ4n) is 1.22. The summed E-state index contributed by atoms with van der Waals surface area (Å²) < 4.78 is 9.53. The minimum Gasteiger partial charge on any atom is -0.462 e. The van der Waals surface area contributed by atoms with E-state index in [1.807, 2.05) is 0 Å². The fraction of sp³-hybridized carbons (Fsp3) is 0.833. The van der Waals surface area contributed by atoms with Gasteiger partial charge in [0, 0.05) is 12.8 Å². The molecule has 0 aromatic heterocycles. The molecule has 0 aromatic carbocycles. The van der Waals surface area contributed by atoms with Gasteiger partial charge in [0.1, 0.15) is 5.60 Å². The van der Waals surface area contributed by atoms with Crippen molar-refractivity contribution in [1.82, 2.24) is 0 Å². The van der Waals surface area contributed by atoms with Gasteiger partial charge in [-0.25, -0.2) is 4.79 Å². The van der Waals surface area contributed by atoms with Crippen molar-refractivity contribution in [3.63, 3.8) is 0 Å². The molecule has 0 radical (unpaired) electrons. The lowest BCUT2D eigenvalue weighted by Gasteiger charge is -2.21. The second kappa shape index (κ2) is 6.70. The minimum atomic E-state index is -2.54. The molecule has 0 saturated heterocycles. The number of aliphatic hydroxyl groups is 2. The van der Waals surface area contributed by atoms with Gasteiger partial charge in [0.05, 0.1) is 6.61 Å². The molecule has 0 atom stereocenters. The first-order valence-corrected chi connectivity index (χ1v) is 5.92. The third-order valence-corrected chi connectivity index (χ3v) is 1.93. The molecule has 0 heterocycles. The van der Waals surface area contributed by atoms with Crippen molar-refractivity contribution in [2.45, 2.75) is 58.3 Å². The van der Waals surface area contributed by atoms with Crippen LogP contribution in [-0.2, 0) is 19.1 Å². The van der Waals surface area contributed by atoms with Gasteiger partial charge in [-0.2, -0.15) is 0 Å². The van der Waals surface area contributed by atoms with Crippen LogP contribution >= 0.6 is 0 Å². The lowest BCUT2D eigenvalue weighted by molar-refractivity contribution is -0.211. The maximum Gasteiger partial charge on any atom is 0.366 e. The van der Waals surface area contributed by atoms with Crippen LogP contribution in [0.5, 0.6) is 0 Å². The van der Waals surface area contributed by atoms with Gasteiger partial charge >= 0.3 is 11.9 Å². The quantitative estimate of drug-likeness (QED) is 0.542. The minimum absolute atomic E-state index is 0.0134. The van der Waals surface area contributed by atoms with E-state index in [-0.39, 0.29) is 25.9 Å². The SMILES string of the molecule is CCOC(=O)C(O)(O)CCCC(=O)OC(C)(C)C. The van der Waals surface area contributed by atoms with Crippen molar-refractivity contribution < 1.29 is 29.3 Å². The molecule has 6 heteroatoms. The third kappa shape index (κ3) is 7.24. The van der Waals surface area contributed by atoms with Gasteiger partial charge in [-0.3, -0.25) is 4.79 Å². The number of hydrogen-bond donors (Lipinski definition) is 2. The highest BCUT2D eigenvalue weighted by Crippen LogP contribution is 2.15. The molecular weight excluding hydrogens is 240 g/mol. The average molecular weight is 262 g/mol. The molecule has 0 bridgehead atoms. The summed E-state index contributed by atoms with van der Waals surface area (Å²) in [6.45, 7) is 6.85. The van der Waals surface area contributed by atoms with Crippen LogP contribution in [0.15, 0.2) is 0 Å². The summed E-state index contributed by atoms with van der Waals surface area (Å²) >= 11 is 0. The van der Waals surface area contributed by atoms with Crippen LogP contribution in [0, 0.1) is 0 Å². The van der Waals surface area contributed by atoms with E-state index in [1.54, 1.807) is 27.7 Å². The number of carbonyl (C=O) groups excluding carboxylic acids is 2. The summed E-state index contributed by atoms with van der Waals surface area (Å²) in [7, 11) is 0. The van der Waals surface area contributed by atoms with E-state index < -0.39 is 23.3 Å². The largest absolute Gasteiger partial charge is 0.462 e. The van der Waals surface area contributed by atoms with Gasteiger partial charge in [-0.15, -0.1) is 0 Å². The Morgan fingerprint density at radius 2 is 1.72 bits per heavy atom. The zero-order valence-corrected chi connectivity index (χ0v) is 11.4. The Bertz CT molecular complexity index is 289. The first-order chi connectivity index (χ1) is 8.08. The number of carbonyl (C=O) groups is 2. The molecule has 0 aliphatic rings. The monoisotopic (exact) mass is 262 g/mol. The predicted molar refractivity (Wildman–Crippen MR) is 63.5 cm³/mol. The molecule has 0 spiro atoms. The molecule has 0 aromatic rings. The van der Waals surface area contributed by atoms with Crippen molar-refractivity contribution in [3.8, 4) is 0 Å². The zero-order valence-electron chi connectivity index (χ0n) is 11.4. The normalized spacial score (nSPS) is 12.1. The van der Waals surface area contributed by atoms with Gasteiger partial charge in [0.15, 0.2) is 0 Å². The van der Waals surface area contributed by atoms with Crippen LogP contribution in [0.25, 0.3) is 0 Å². The Balaban J connectivity index is 4.03. The first kappa shape index (κ1) is 16.9. The smallest absolute Gasteiger partial charge is 0.366 e. The number of hydrogen-bond acceptors (Lipinski definition) is 6.